The lowest BCUT2D eigenvalue weighted by molar-refractivity contribution is -0.108. The SMILES string of the molecule is C=N/C(=C\C(=C)F)C(=O)Cl. The molecule has 0 N–H and O–H groups in total. The van der Waals surface area contributed by atoms with E-state index in [4.69, 9.17) is 11.6 Å². The molecule has 0 fully saturated rings. The molecule has 2 nitrogen and oxygen atoms in total. The number of halogens is 2. The van der Waals surface area contributed by atoms with Crippen LogP contribution in [0.4, 0.5) is 4.39 Å². The van der Waals surface area contributed by atoms with Crippen molar-refractivity contribution >= 4 is 23.6 Å². The van der Waals surface area contributed by atoms with Gasteiger partial charge in [-0.25, -0.2) is 4.39 Å². The van der Waals surface area contributed by atoms with E-state index in [2.05, 4.69) is 18.3 Å². The molecule has 4 heteroatoms. The van der Waals surface area contributed by atoms with Gasteiger partial charge in [0.2, 0.25) is 0 Å². The first kappa shape index (κ1) is 9.04. The maximum atomic E-state index is 11.9. The highest BCUT2D eigenvalue weighted by atomic mass is 35.5. The van der Waals surface area contributed by atoms with Gasteiger partial charge in [0.1, 0.15) is 11.5 Å². The molecule has 0 unspecified atom stereocenters. The van der Waals surface area contributed by atoms with Gasteiger partial charge in [0, 0.05) is 6.08 Å². The Morgan fingerprint density at radius 3 is 2.30 bits per heavy atom. The Morgan fingerprint density at radius 1 is 1.70 bits per heavy atom. The van der Waals surface area contributed by atoms with Crippen molar-refractivity contribution < 1.29 is 9.18 Å². The van der Waals surface area contributed by atoms with Gasteiger partial charge in [0.15, 0.2) is 0 Å². The molecular weight excluding hydrogens is 157 g/mol. The number of carbonyl (C=O) groups is 1. The first-order valence-corrected chi connectivity index (χ1v) is 2.68. The largest absolute Gasteiger partial charge is 0.274 e. The van der Waals surface area contributed by atoms with Crippen LogP contribution in [0.3, 0.4) is 0 Å². The van der Waals surface area contributed by atoms with Crippen LogP contribution in [0.15, 0.2) is 29.2 Å². The summed E-state index contributed by atoms with van der Waals surface area (Å²) < 4.78 is 11.9. The summed E-state index contributed by atoms with van der Waals surface area (Å²) in [7, 11) is 0. The molecule has 0 aliphatic heterocycles. The zero-order valence-corrected chi connectivity index (χ0v) is 5.86. The van der Waals surface area contributed by atoms with Crippen molar-refractivity contribution in [1.82, 2.24) is 0 Å². The van der Waals surface area contributed by atoms with Gasteiger partial charge in [0.25, 0.3) is 5.24 Å². The van der Waals surface area contributed by atoms with Crippen molar-refractivity contribution in [2.75, 3.05) is 0 Å². The Labute approximate surface area is 62.7 Å². The summed E-state index contributed by atoms with van der Waals surface area (Å²) in [6.07, 6.45) is 0.808. The van der Waals surface area contributed by atoms with E-state index in [1.165, 1.54) is 0 Å². The number of aliphatic imine (C=N–C) groups is 1. The Morgan fingerprint density at radius 2 is 2.20 bits per heavy atom. The summed E-state index contributed by atoms with van der Waals surface area (Å²) in [5, 5.41) is -0.853. The molecule has 0 aromatic heterocycles. The zero-order valence-electron chi connectivity index (χ0n) is 5.10. The average Bonchev–Trinajstić information content (AvgIpc) is 1.81. The molecule has 0 aliphatic carbocycles. The smallest absolute Gasteiger partial charge is 0.270 e. The standard InChI is InChI=1S/C6H5ClFNO/c1-4(8)3-5(9-2)6(7)10/h3H,1-2H2/b5-3-. The number of hydrogen-bond acceptors (Lipinski definition) is 2. The van der Waals surface area contributed by atoms with Crippen LogP contribution < -0.4 is 0 Å². The van der Waals surface area contributed by atoms with Crippen molar-refractivity contribution in [1.29, 1.82) is 0 Å². The Bertz CT molecular complexity index is 210. The monoisotopic (exact) mass is 161 g/mol. The van der Waals surface area contributed by atoms with Crippen molar-refractivity contribution in [3.8, 4) is 0 Å². The molecular formula is C6H5ClFNO. The Balaban J connectivity index is 4.49. The number of hydrogen-bond donors (Lipinski definition) is 0. The molecule has 54 valence electrons. The van der Waals surface area contributed by atoms with Gasteiger partial charge < -0.3 is 0 Å². The lowest BCUT2D eigenvalue weighted by Gasteiger charge is -1.88. The fourth-order valence-corrected chi connectivity index (χ4v) is 0.427. The minimum Gasteiger partial charge on any atom is -0.274 e. The molecule has 0 aliphatic rings. The molecule has 0 heterocycles. The predicted molar refractivity (Wildman–Crippen MR) is 38.7 cm³/mol. The van der Waals surface area contributed by atoms with E-state index in [1.807, 2.05) is 0 Å². The number of carbonyl (C=O) groups excluding carboxylic acids is 1. The Kier molecular flexibility index (Phi) is 3.57. The van der Waals surface area contributed by atoms with Crippen LogP contribution in [0.2, 0.25) is 0 Å². The van der Waals surface area contributed by atoms with Crippen LogP contribution in [0.25, 0.3) is 0 Å². The van der Waals surface area contributed by atoms with E-state index < -0.39 is 11.1 Å². The van der Waals surface area contributed by atoms with Crippen LogP contribution in [0, 0.1) is 0 Å². The quantitative estimate of drug-likeness (QED) is 0.269. The second kappa shape index (κ2) is 3.95. The molecule has 0 bridgehead atoms. The first-order valence-electron chi connectivity index (χ1n) is 2.30. The van der Waals surface area contributed by atoms with E-state index in [0.717, 1.165) is 6.08 Å². The summed E-state index contributed by atoms with van der Waals surface area (Å²) in [5.41, 5.74) is -0.242. The van der Waals surface area contributed by atoms with E-state index >= 15 is 0 Å². The van der Waals surface area contributed by atoms with E-state index in [0.29, 0.717) is 0 Å². The molecule has 0 saturated carbocycles. The maximum absolute atomic E-state index is 11.9. The van der Waals surface area contributed by atoms with Crippen LogP contribution in [0.5, 0.6) is 0 Å². The summed E-state index contributed by atoms with van der Waals surface area (Å²) in [6.45, 7) is 5.89. The third-order valence-electron chi connectivity index (χ3n) is 0.665. The summed E-state index contributed by atoms with van der Waals surface area (Å²) in [5.74, 6) is -0.781. The highest BCUT2D eigenvalue weighted by molar-refractivity contribution is 6.67. The number of nitrogens with zero attached hydrogens (tertiary/aromatic N) is 1. The summed E-state index contributed by atoms with van der Waals surface area (Å²) in [4.78, 5) is 13.4. The third-order valence-corrected chi connectivity index (χ3v) is 0.859. The third kappa shape index (κ3) is 3.14. The second-order valence-electron chi connectivity index (χ2n) is 1.41. The van der Waals surface area contributed by atoms with Gasteiger partial charge >= 0.3 is 0 Å². The van der Waals surface area contributed by atoms with Gasteiger partial charge in [-0.2, -0.15) is 0 Å². The minimum atomic E-state index is -0.853. The van der Waals surface area contributed by atoms with Crippen LogP contribution in [0.1, 0.15) is 0 Å². The van der Waals surface area contributed by atoms with Crippen molar-refractivity contribution in [3.63, 3.8) is 0 Å². The highest BCUT2D eigenvalue weighted by Crippen LogP contribution is 2.05. The molecule has 0 rings (SSSR count). The minimum absolute atomic E-state index is 0.242. The van der Waals surface area contributed by atoms with Gasteiger partial charge in [0.05, 0.1) is 0 Å². The lowest BCUT2D eigenvalue weighted by Crippen LogP contribution is -1.88. The fourth-order valence-electron chi connectivity index (χ4n) is 0.313. The molecule has 0 atom stereocenters. The van der Waals surface area contributed by atoms with Crippen LogP contribution >= 0.6 is 11.6 Å². The van der Waals surface area contributed by atoms with Crippen LogP contribution in [-0.2, 0) is 4.79 Å². The van der Waals surface area contributed by atoms with Gasteiger partial charge in [-0.1, -0.05) is 6.58 Å². The van der Waals surface area contributed by atoms with Crippen LogP contribution in [-0.4, -0.2) is 12.0 Å². The second-order valence-corrected chi connectivity index (χ2v) is 1.75. The van der Waals surface area contributed by atoms with Crippen molar-refractivity contribution in [2.24, 2.45) is 4.99 Å². The molecule has 0 spiro atoms. The normalized spacial score (nSPS) is 10.8. The predicted octanol–water partition coefficient (Wildman–Crippen LogP) is 1.82. The number of rotatable bonds is 3. The molecule has 0 amide bonds. The van der Waals surface area contributed by atoms with Crippen molar-refractivity contribution in [3.05, 3.63) is 24.2 Å². The maximum Gasteiger partial charge on any atom is 0.270 e. The van der Waals surface area contributed by atoms with Gasteiger partial charge in [-0.15, -0.1) is 0 Å². The molecule has 0 saturated heterocycles. The topological polar surface area (TPSA) is 29.4 Å². The Hall–Kier alpha value is -0.960. The molecule has 0 radical (unpaired) electrons. The number of allylic oxidation sites excluding steroid dienone is 3. The van der Waals surface area contributed by atoms with Crippen molar-refractivity contribution in [2.45, 2.75) is 0 Å². The van der Waals surface area contributed by atoms with E-state index in [1.54, 1.807) is 0 Å². The van der Waals surface area contributed by atoms with Gasteiger partial charge in [-0.05, 0) is 18.3 Å². The average molecular weight is 162 g/mol. The first-order chi connectivity index (χ1) is 4.57. The zero-order chi connectivity index (χ0) is 8.15. The molecule has 0 aromatic carbocycles. The summed E-state index contributed by atoms with van der Waals surface area (Å²) in [6, 6.07) is 0. The molecule has 0 aromatic rings. The lowest BCUT2D eigenvalue weighted by atomic mass is 10.4. The summed E-state index contributed by atoms with van der Waals surface area (Å²) >= 11 is 4.94. The van der Waals surface area contributed by atoms with Gasteiger partial charge in [-0.3, -0.25) is 9.79 Å². The fraction of sp³-hybridized carbons (Fsp3) is 0. The van der Waals surface area contributed by atoms with E-state index in [9.17, 15) is 9.18 Å². The van der Waals surface area contributed by atoms with E-state index in [-0.39, 0.29) is 5.70 Å². The molecule has 10 heavy (non-hydrogen) atoms. The highest BCUT2D eigenvalue weighted by Gasteiger charge is 2.02.